The molecule has 0 fully saturated rings. The molecule has 1 aromatic carbocycles. The van der Waals surface area contributed by atoms with Gasteiger partial charge in [-0.15, -0.1) is 0 Å². The van der Waals surface area contributed by atoms with Crippen molar-refractivity contribution in [3.05, 3.63) is 24.3 Å². The number of aromatic nitrogens is 2. The molecule has 5 heteroatoms. The Labute approximate surface area is 93.8 Å². The Balaban J connectivity index is 2.39. The van der Waals surface area contributed by atoms with Gasteiger partial charge in [-0.2, -0.15) is 0 Å². The highest BCUT2D eigenvalue weighted by Gasteiger charge is 2.12. The summed E-state index contributed by atoms with van der Waals surface area (Å²) in [6.45, 7) is 0.527. The highest BCUT2D eigenvalue weighted by Crippen LogP contribution is 2.18. The van der Waals surface area contributed by atoms with E-state index in [0.717, 1.165) is 11.0 Å². The number of nitrogens with zero attached hydrogens (tertiary/aromatic N) is 2. The van der Waals surface area contributed by atoms with Crippen LogP contribution in [0.15, 0.2) is 24.3 Å². The molecule has 0 atom stereocenters. The molecule has 86 valence electrons. The maximum absolute atomic E-state index is 5.85. The molecule has 0 bridgehead atoms. The van der Waals surface area contributed by atoms with Gasteiger partial charge in [-0.05, 0) is 12.1 Å². The molecule has 0 radical (unpaired) electrons. The van der Waals surface area contributed by atoms with E-state index < -0.39 is 0 Å². The van der Waals surface area contributed by atoms with Gasteiger partial charge in [0, 0.05) is 14.2 Å². The third-order valence-electron chi connectivity index (χ3n) is 2.54. The van der Waals surface area contributed by atoms with Crippen molar-refractivity contribution in [1.29, 1.82) is 0 Å². The van der Waals surface area contributed by atoms with Gasteiger partial charge in [-0.25, -0.2) is 4.98 Å². The second-order valence-corrected chi connectivity index (χ2v) is 3.47. The maximum Gasteiger partial charge on any atom is 0.201 e. The highest BCUT2D eigenvalue weighted by atomic mass is 16.7. The van der Waals surface area contributed by atoms with Crippen LogP contribution >= 0.6 is 0 Å². The van der Waals surface area contributed by atoms with Crippen LogP contribution in [-0.4, -0.2) is 30.1 Å². The van der Waals surface area contributed by atoms with E-state index in [0.29, 0.717) is 12.5 Å². The molecule has 0 amide bonds. The van der Waals surface area contributed by atoms with E-state index in [1.807, 2.05) is 28.8 Å². The van der Waals surface area contributed by atoms with Gasteiger partial charge >= 0.3 is 0 Å². The van der Waals surface area contributed by atoms with Gasteiger partial charge in [0.15, 0.2) is 6.29 Å². The lowest BCUT2D eigenvalue weighted by Gasteiger charge is -2.15. The summed E-state index contributed by atoms with van der Waals surface area (Å²) >= 11 is 0. The van der Waals surface area contributed by atoms with Crippen molar-refractivity contribution in [3.63, 3.8) is 0 Å². The summed E-state index contributed by atoms with van der Waals surface area (Å²) < 4.78 is 12.2. The third-order valence-corrected chi connectivity index (χ3v) is 2.54. The first-order chi connectivity index (χ1) is 7.76. The molecule has 2 rings (SSSR count). The smallest absolute Gasteiger partial charge is 0.201 e. The van der Waals surface area contributed by atoms with Crippen molar-refractivity contribution in [2.75, 3.05) is 20.0 Å². The van der Waals surface area contributed by atoms with Crippen LogP contribution in [-0.2, 0) is 16.0 Å². The van der Waals surface area contributed by atoms with E-state index in [4.69, 9.17) is 15.2 Å². The van der Waals surface area contributed by atoms with Crippen LogP contribution in [0.25, 0.3) is 11.0 Å². The summed E-state index contributed by atoms with van der Waals surface area (Å²) in [6.07, 6.45) is -0.320. The Morgan fingerprint density at radius 3 is 2.69 bits per heavy atom. The molecule has 0 saturated carbocycles. The fraction of sp³-hybridized carbons (Fsp3) is 0.364. The zero-order valence-corrected chi connectivity index (χ0v) is 9.38. The summed E-state index contributed by atoms with van der Waals surface area (Å²) in [5, 5.41) is 0. The van der Waals surface area contributed by atoms with Crippen LogP contribution in [0.3, 0.4) is 0 Å². The minimum Gasteiger partial charge on any atom is -0.369 e. The lowest BCUT2D eigenvalue weighted by molar-refractivity contribution is -0.110. The topological polar surface area (TPSA) is 62.3 Å². The van der Waals surface area contributed by atoms with Gasteiger partial charge in [0.1, 0.15) is 0 Å². The number of fused-ring (bicyclic) bond motifs is 1. The van der Waals surface area contributed by atoms with Crippen LogP contribution in [0.4, 0.5) is 5.95 Å². The van der Waals surface area contributed by atoms with Crippen molar-refractivity contribution >= 4 is 17.0 Å². The fourth-order valence-electron chi connectivity index (χ4n) is 1.68. The number of hydrogen-bond acceptors (Lipinski definition) is 4. The molecule has 2 N–H and O–H groups in total. The SMILES string of the molecule is COC(Cn1c(N)nc2ccccc21)OC. The molecule has 0 aliphatic rings. The number of ether oxygens (including phenoxy) is 2. The molecule has 0 aliphatic carbocycles. The molecular weight excluding hydrogens is 206 g/mol. The first-order valence-electron chi connectivity index (χ1n) is 5.02. The van der Waals surface area contributed by atoms with E-state index in [9.17, 15) is 0 Å². The second kappa shape index (κ2) is 4.51. The predicted octanol–water partition coefficient (Wildman–Crippen LogP) is 1.24. The van der Waals surface area contributed by atoms with E-state index in [1.54, 1.807) is 14.2 Å². The molecule has 0 spiro atoms. The Morgan fingerprint density at radius 1 is 1.31 bits per heavy atom. The normalized spacial score (nSPS) is 11.4. The largest absolute Gasteiger partial charge is 0.369 e. The summed E-state index contributed by atoms with van der Waals surface area (Å²) in [4.78, 5) is 4.26. The van der Waals surface area contributed by atoms with Crippen LogP contribution in [0.5, 0.6) is 0 Å². The van der Waals surface area contributed by atoms with Gasteiger partial charge < -0.3 is 19.8 Å². The van der Waals surface area contributed by atoms with Crippen LogP contribution in [0.2, 0.25) is 0 Å². The van der Waals surface area contributed by atoms with Crippen LogP contribution in [0.1, 0.15) is 0 Å². The van der Waals surface area contributed by atoms with E-state index in [1.165, 1.54) is 0 Å². The molecule has 2 aromatic rings. The monoisotopic (exact) mass is 221 g/mol. The number of rotatable bonds is 4. The molecule has 0 unspecified atom stereocenters. The Hall–Kier alpha value is -1.59. The predicted molar refractivity (Wildman–Crippen MR) is 62.0 cm³/mol. The number of nitrogen functional groups attached to an aromatic ring is 1. The number of para-hydroxylation sites is 2. The van der Waals surface area contributed by atoms with Crippen molar-refractivity contribution in [2.45, 2.75) is 12.8 Å². The van der Waals surface area contributed by atoms with Gasteiger partial charge in [0.05, 0.1) is 17.6 Å². The van der Waals surface area contributed by atoms with Gasteiger partial charge in [0.2, 0.25) is 5.95 Å². The number of nitrogens with two attached hydrogens (primary N) is 1. The van der Waals surface area contributed by atoms with E-state index in [-0.39, 0.29) is 6.29 Å². The molecule has 16 heavy (non-hydrogen) atoms. The molecule has 1 heterocycles. The number of benzene rings is 1. The minimum atomic E-state index is -0.320. The Bertz CT molecular complexity index is 477. The molecule has 1 aromatic heterocycles. The zero-order valence-electron chi connectivity index (χ0n) is 9.38. The van der Waals surface area contributed by atoms with Crippen molar-refractivity contribution < 1.29 is 9.47 Å². The van der Waals surface area contributed by atoms with Crippen LogP contribution < -0.4 is 5.73 Å². The second-order valence-electron chi connectivity index (χ2n) is 3.47. The minimum absolute atomic E-state index is 0.320. The standard InChI is InChI=1S/C11H15N3O2/c1-15-10(16-2)7-14-9-6-4-3-5-8(9)13-11(14)12/h3-6,10H,7H2,1-2H3,(H2,12,13). The number of methoxy groups -OCH3 is 2. The van der Waals surface area contributed by atoms with Gasteiger partial charge in [-0.3, -0.25) is 0 Å². The maximum atomic E-state index is 5.85. The highest BCUT2D eigenvalue weighted by molar-refractivity contribution is 5.78. The Kier molecular flexibility index (Phi) is 3.07. The van der Waals surface area contributed by atoms with E-state index >= 15 is 0 Å². The first-order valence-corrected chi connectivity index (χ1v) is 5.02. The average molecular weight is 221 g/mol. The van der Waals surface area contributed by atoms with Gasteiger partial charge in [0.25, 0.3) is 0 Å². The number of imidazole rings is 1. The molecule has 0 saturated heterocycles. The quantitative estimate of drug-likeness (QED) is 0.789. The lowest BCUT2D eigenvalue weighted by Crippen LogP contribution is -2.21. The van der Waals surface area contributed by atoms with Crippen molar-refractivity contribution in [1.82, 2.24) is 9.55 Å². The van der Waals surface area contributed by atoms with Crippen LogP contribution in [0, 0.1) is 0 Å². The third kappa shape index (κ3) is 1.87. The molecule has 0 aliphatic heterocycles. The first kappa shape index (κ1) is 10.9. The summed E-state index contributed by atoms with van der Waals surface area (Å²) in [5.41, 5.74) is 7.72. The lowest BCUT2D eigenvalue weighted by atomic mass is 10.3. The molecule has 5 nitrogen and oxygen atoms in total. The van der Waals surface area contributed by atoms with Crippen molar-refractivity contribution in [3.8, 4) is 0 Å². The number of anilines is 1. The number of hydrogen-bond donors (Lipinski definition) is 1. The summed E-state index contributed by atoms with van der Waals surface area (Å²) in [7, 11) is 3.20. The molecular formula is C11H15N3O2. The summed E-state index contributed by atoms with van der Waals surface area (Å²) in [6, 6.07) is 7.79. The fourth-order valence-corrected chi connectivity index (χ4v) is 1.68. The van der Waals surface area contributed by atoms with E-state index in [2.05, 4.69) is 4.98 Å². The van der Waals surface area contributed by atoms with Crippen molar-refractivity contribution in [2.24, 2.45) is 0 Å². The zero-order chi connectivity index (χ0) is 11.5. The van der Waals surface area contributed by atoms with Gasteiger partial charge in [-0.1, -0.05) is 12.1 Å². The summed E-state index contributed by atoms with van der Waals surface area (Å²) in [5.74, 6) is 0.473. The Morgan fingerprint density at radius 2 is 2.00 bits per heavy atom. The average Bonchev–Trinajstić information content (AvgIpc) is 2.62.